The largest absolute Gasteiger partial charge is 0.497 e. The van der Waals surface area contributed by atoms with Crippen LogP contribution in [0, 0.1) is 0 Å². The first-order valence-electron chi connectivity index (χ1n) is 7.41. The van der Waals surface area contributed by atoms with Gasteiger partial charge in [-0.05, 0) is 35.0 Å². The number of anilines is 2. The summed E-state index contributed by atoms with van der Waals surface area (Å²) in [4.78, 5) is 12.0. The fourth-order valence-corrected chi connectivity index (χ4v) is 2.39. The molecule has 2 N–H and O–H groups in total. The van der Waals surface area contributed by atoms with Crippen molar-refractivity contribution in [2.75, 3.05) is 24.3 Å². The SMILES string of the molecule is COc1cccc(NC(=O)CNc2ccc3ccccc3c2)c1. The van der Waals surface area contributed by atoms with Crippen molar-refractivity contribution in [3.8, 4) is 5.75 Å². The molecular weight excluding hydrogens is 288 g/mol. The van der Waals surface area contributed by atoms with E-state index in [4.69, 9.17) is 4.74 Å². The van der Waals surface area contributed by atoms with E-state index in [1.807, 2.05) is 48.5 Å². The molecule has 0 aliphatic heterocycles. The molecule has 0 unspecified atom stereocenters. The van der Waals surface area contributed by atoms with E-state index in [-0.39, 0.29) is 12.5 Å². The van der Waals surface area contributed by atoms with Crippen molar-refractivity contribution in [3.05, 3.63) is 66.7 Å². The van der Waals surface area contributed by atoms with Gasteiger partial charge >= 0.3 is 0 Å². The number of fused-ring (bicyclic) bond motifs is 1. The summed E-state index contributed by atoms with van der Waals surface area (Å²) in [6, 6.07) is 21.5. The third-order valence-corrected chi connectivity index (χ3v) is 3.56. The fourth-order valence-electron chi connectivity index (χ4n) is 2.39. The van der Waals surface area contributed by atoms with Gasteiger partial charge in [-0.25, -0.2) is 0 Å². The van der Waals surface area contributed by atoms with Crippen molar-refractivity contribution in [3.63, 3.8) is 0 Å². The zero-order valence-corrected chi connectivity index (χ0v) is 12.9. The summed E-state index contributed by atoms with van der Waals surface area (Å²) in [5.74, 6) is 0.608. The van der Waals surface area contributed by atoms with Gasteiger partial charge < -0.3 is 15.4 Å². The molecule has 0 aromatic heterocycles. The molecule has 0 aliphatic rings. The van der Waals surface area contributed by atoms with E-state index in [1.165, 1.54) is 5.39 Å². The number of nitrogens with one attached hydrogen (secondary N) is 2. The molecule has 3 rings (SSSR count). The Hall–Kier alpha value is -3.01. The van der Waals surface area contributed by atoms with Crippen LogP contribution in [0.2, 0.25) is 0 Å². The molecule has 116 valence electrons. The monoisotopic (exact) mass is 306 g/mol. The Balaban J connectivity index is 1.61. The first kappa shape index (κ1) is 14.9. The predicted octanol–water partition coefficient (Wildman–Crippen LogP) is 3.90. The topological polar surface area (TPSA) is 50.4 Å². The van der Waals surface area contributed by atoms with Crippen molar-refractivity contribution in [2.45, 2.75) is 0 Å². The summed E-state index contributed by atoms with van der Waals surface area (Å²) in [6.07, 6.45) is 0. The van der Waals surface area contributed by atoms with Crippen LogP contribution >= 0.6 is 0 Å². The van der Waals surface area contributed by atoms with E-state index in [2.05, 4.69) is 22.8 Å². The van der Waals surface area contributed by atoms with Crippen LogP contribution in [0.4, 0.5) is 11.4 Å². The minimum Gasteiger partial charge on any atom is -0.497 e. The number of hydrogen-bond acceptors (Lipinski definition) is 3. The summed E-state index contributed by atoms with van der Waals surface area (Å²) in [5.41, 5.74) is 1.64. The van der Waals surface area contributed by atoms with Crippen LogP contribution in [-0.2, 0) is 4.79 Å². The highest BCUT2D eigenvalue weighted by atomic mass is 16.5. The molecule has 0 saturated heterocycles. The number of amides is 1. The third kappa shape index (κ3) is 3.80. The van der Waals surface area contributed by atoms with E-state index >= 15 is 0 Å². The van der Waals surface area contributed by atoms with Crippen LogP contribution in [-0.4, -0.2) is 19.6 Å². The molecule has 3 aromatic rings. The van der Waals surface area contributed by atoms with Gasteiger partial charge in [-0.1, -0.05) is 36.4 Å². The Morgan fingerprint density at radius 2 is 1.74 bits per heavy atom. The molecule has 0 radical (unpaired) electrons. The van der Waals surface area contributed by atoms with E-state index in [0.29, 0.717) is 5.75 Å². The maximum absolute atomic E-state index is 12.0. The highest BCUT2D eigenvalue weighted by Crippen LogP contribution is 2.19. The van der Waals surface area contributed by atoms with Crippen LogP contribution in [0.25, 0.3) is 10.8 Å². The van der Waals surface area contributed by atoms with Crippen LogP contribution < -0.4 is 15.4 Å². The lowest BCUT2D eigenvalue weighted by Crippen LogP contribution is -2.21. The van der Waals surface area contributed by atoms with Gasteiger partial charge in [0.1, 0.15) is 5.75 Å². The second kappa shape index (κ2) is 6.83. The average Bonchev–Trinajstić information content (AvgIpc) is 2.60. The van der Waals surface area contributed by atoms with Gasteiger partial charge in [0.2, 0.25) is 5.91 Å². The van der Waals surface area contributed by atoms with Crippen molar-refractivity contribution in [2.24, 2.45) is 0 Å². The average molecular weight is 306 g/mol. The first-order chi connectivity index (χ1) is 11.2. The molecule has 0 atom stereocenters. The number of methoxy groups -OCH3 is 1. The molecule has 0 aliphatic carbocycles. The Morgan fingerprint density at radius 1 is 0.913 bits per heavy atom. The Bertz CT molecular complexity index is 830. The van der Waals surface area contributed by atoms with Gasteiger partial charge in [-0.2, -0.15) is 0 Å². The summed E-state index contributed by atoms with van der Waals surface area (Å²) in [6.45, 7) is 0.204. The van der Waals surface area contributed by atoms with Crippen LogP contribution in [0.3, 0.4) is 0 Å². The molecule has 4 heteroatoms. The highest BCUT2D eigenvalue weighted by Gasteiger charge is 2.04. The van der Waals surface area contributed by atoms with Crippen molar-refractivity contribution in [1.82, 2.24) is 0 Å². The third-order valence-electron chi connectivity index (χ3n) is 3.56. The lowest BCUT2D eigenvalue weighted by molar-refractivity contribution is -0.114. The van der Waals surface area contributed by atoms with Crippen LogP contribution in [0.1, 0.15) is 0 Å². The van der Waals surface area contributed by atoms with E-state index < -0.39 is 0 Å². The lowest BCUT2D eigenvalue weighted by Gasteiger charge is -2.09. The summed E-state index contributed by atoms with van der Waals surface area (Å²) in [7, 11) is 1.60. The Morgan fingerprint density at radius 3 is 2.57 bits per heavy atom. The Labute approximate surface area is 135 Å². The normalized spacial score (nSPS) is 10.3. The molecule has 3 aromatic carbocycles. The number of benzene rings is 3. The molecule has 23 heavy (non-hydrogen) atoms. The number of carbonyl (C=O) groups is 1. The molecule has 0 heterocycles. The quantitative estimate of drug-likeness (QED) is 0.751. The number of hydrogen-bond donors (Lipinski definition) is 2. The van der Waals surface area contributed by atoms with E-state index in [0.717, 1.165) is 16.8 Å². The molecule has 0 saturated carbocycles. The minimum absolute atomic E-state index is 0.105. The molecule has 1 amide bonds. The molecular formula is C19H18N2O2. The van der Waals surface area contributed by atoms with E-state index in [1.54, 1.807) is 13.2 Å². The van der Waals surface area contributed by atoms with Gasteiger partial charge in [-0.3, -0.25) is 4.79 Å². The smallest absolute Gasteiger partial charge is 0.243 e. The number of rotatable bonds is 5. The predicted molar refractivity (Wildman–Crippen MR) is 94.1 cm³/mol. The standard InChI is InChI=1S/C19H18N2O2/c1-23-18-8-4-7-17(12-18)21-19(22)13-20-16-10-9-14-5-2-3-6-15(14)11-16/h2-12,20H,13H2,1H3,(H,21,22). The molecule has 0 bridgehead atoms. The summed E-state index contributed by atoms with van der Waals surface area (Å²) in [5, 5.41) is 8.31. The van der Waals surface area contributed by atoms with Gasteiger partial charge in [0, 0.05) is 17.4 Å². The number of carbonyl (C=O) groups excluding carboxylic acids is 1. The second-order valence-corrected chi connectivity index (χ2v) is 5.20. The highest BCUT2D eigenvalue weighted by molar-refractivity contribution is 5.94. The summed E-state index contributed by atoms with van der Waals surface area (Å²) < 4.78 is 5.14. The van der Waals surface area contributed by atoms with Gasteiger partial charge in [0.25, 0.3) is 0 Å². The maximum Gasteiger partial charge on any atom is 0.243 e. The molecule has 4 nitrogen and oxygen atoms in total. The van der Waals surface area contributed by atoms with Gasteiger partial charge in [0.15, 0.2) is 0 Å². The zero-order chi connectivity index (χ0) is 16.1. The number of ether oxygens (including phenoxy) is 1. The fraction of sp³-hybridized carbons (Fsp3) is 0.105. The van der Waals surface area contributed by atoms with Gasteiger partial charge in [-0.15, -0.1) is 0 Å². The zero-order valence-electron chi connectivity index (χ0n) is 12.9. The van der Waals surface area contributed by atoms with Crippen molar-refractivity contribution >= 4 is 28.1 Å². The Kier molecular flexibility index (Phi) is 4.43. The van der Waals surface area contributed by atoms with Crippen molar-refractivity contribution in [1.29, 1.82) is 0 Å². The lowest BCUT2D eigenvalue weighted by atomic mass is 10.1. The van der Waals surface area contributed by atoms with Crippen LogP contribution in [0.15, 0.2) is 66.7 Å². The van der Waals surface area contributed by atoms with Crippen molar-refractivity contribution < 1.29 is 9.53 Å². The van der Waals surface area contributed by atoms with Crippen LogP contribution in [0.5, 0.6) is 5.75 Å². The van der Waals surface area contributed by atoms with Gasteiger partial charge in [0.05, 0.1) is 13.7 Å². The first-order valence-corrected chi connectivity index (χ1v) is 7.41. The molecule has 0 fully saturated rings. The molecule has 0 spiro atoms. The van der Waals surface area contributed by atoms with E-state index in [9.17, 15) is 4.79 Å². The summed E-state index contributed by atoms with van der Waals surface area (Å²) >= 11 is 0. The maximum atomic E-state index is 12.0. The second-order valence-electron chi connectivity index (χ2n) is 5.20. The minimum atomic E-state index is -0.105.